The maximum Gasteiger partial charge on any atom is 0.255 e. The van der Waals surface area contributed by atoms with Gasteiger partial charge in [0.25, 0.3) is 5.91 Å². The summed E-state index contributed by atoms with van der Waals surface area (Å²) in [5.41, 5.74) is 3.39. The van der Waals surface area contributed by atoms with E-state index in [4.69, 9.17) is 0 Å². The Balaban J connectivity index is 1.48. The molecule has 0 unspecified atom stereocenters. The summed E-state index contributed by atoms with van der Waals surface area (Å²) in [5.74, 6) is 0.678. The molecule has 0 aliphatic carbocycles. The predicted molar refractivity (Wildman–Crippen MR) is 108 cm³/mol. The van der Waals surface area contributed by atoms with Crippen molar-refractivity contribution >= 4 is 44.9 Å². The van der Waals surface area contributed by atoms with Gasteiger partial charge in [-0.05, 0) is 42.5 Å². The average Bonchev–Trinajstić information content (AvgIpc) is 3.10. The molecule has 26 heavy (non-hydrogen) atoms. The van der Waals surface area contributed by atoms with Crippen molar-refractivity contribution in [3.63, 3.8) is 0 Å². The summed E-state index contributed by atoms with van der Waals surface area (Å²) < 4.78 is 2.05. The zero-order valence-corrected chi connectivity index (χ0v) is 15.4. The number of hydrogen-bond donors (Lipinski definition) is 1. The van der Waals surface area contributed by atoms with E-state index in [1.54, 1.807) is 41.4 Å². The van der Waals surface area contributed by atoms with Crippen LogP contribution in [0.3, 0.4) is 0 Å². The van der Waals surface area contributed by atoms with Crippen LogP contribution in [-0.2, 0) is 5.75 Å². The van der Waals surface area contributed by atoms with E-state index in [0.717, 1.165) is 31.7 Å². The van der Waals surface area contributed by atoms with Crippen molar-refractivity contribution in [3.8, 4) is 0 Å². The van der Waals surface area contributed by atoms with E-state index >= 15 is 0 Å². The Morgan fingerprint density at radius 1 is 1.04 bits per heavy atom. The number of benzene rings is 2. The summed E-state index contributed by atoms with van der Waals surface area (Å²) in [6.07, 6.45) is 1.80. The second-order valence-electron chi connectivity index (χ2n) is 5.59. The van der Waals surface area contributed by atoms with Gasteiger partial charge in [-0.15, -0.1) is 11.3 Å². The number of thiazole rings is 1. The number of carbonyl (C=O) groups is 1. The Bertz CT molecular complexity index is 1030. The van der Waals surface area contributed by atoms with Gasteiger partial charge >= 0.3 is 0 Å². The number of anilines is 1. The highest BCUT2D eigenvalue weighted by atomic mass is 32.2. The zero-order valence-electron chi connectivity index (χ0n) is 13.8. The van der Waals surface area contributed by atoms with Gasteiger partial charge < -0.3 is 5.32 Å². The van der Waals surface area contributed by atoms with Crippen molar-refractivity contribution in [2.75, 3.05) is 5.32 Å². The number of nitrogens with zero attached hydrogens (tertiary/aromatic N) is 2. The van der Waals surface area contributed by atoms with Gasteiger partial charge in [-0.1, -0.05) is 36.0 Å². The fourth-order valence-corrected chi connectivity index (χ4v) is 4.48. The van der Waals surface area contributed by atoms with Gasteiger partial charge in [0.2, 0.25) is 0 Å². The molecule has 0 atom stereocenters. The lowest BCUT2D eigenvalue weighted by molar-refractivity contribution is 0.102. The number of carbonyl (C=O) groups excluding carboxylic acids is 1. The Labute approximate surface area is 159 Å². The van der Waals surface area contributed by atoms with Gasteiger partial charge in [-0.3, -0.25) is 9.78 Å². The summed E-state index contributed by atoms with van der Waals surface area (Å²) in [4.78, 5) is 21.3. The van der Waals surface area contributed by atoms with Crippen LogP contribution in [0.25, 0.3) is 10.2 Å². The number of nitrogens with one attached hydrogen (secondary N) is 1. The minimum Gasteiger partial charge on any atom is -0.322 e. The fraction of sp³-hybridized carbons (Fsp3) is 0.0500. The summed E-state index contributed by atoms with van der Waals surface area (Å²) >= 11 is 3.30. The third kappa shape index (κ3) is 3.92. The Hall–Kier alpha value is -2.70. The Morgan fingerprint density at radius 3 is 2.69 bits per heavy atom. The van der Waals surface area contributed by atoms with Crippen LogP contribution in [0, 0.1) is 0 Å². The predicted octanol–water partition coefficient (Wildman–Crippen LogP) is 5.24. The minimum atomic E-state index is -0.112. The highest BCUT2D eigenvalue weighted by Gasteiger charge is 2.09. The van der Waals surface area contributed by atoms with Gasteiger partial charge in [0, 0.05) is 23.2 Å². The second kappa shape index (κ2) is 7.68. The molecule has 2 aromatic carbocycles. The SMILES string of the molecule is O=C(Nc1ccc2nc(SCc3ccccn3)sc2c1)c1ccccc1. The van der Waals surface area contributed by atoms with Crippen molar-refractivity contribution in [1.29, 1.82) is 0 Å². The van der Waals surface area contributed by atoms with Crippen LogP contribution >= 0.6 is 23.1 Å². The summed E-state index contributed by atoms with van der Waals surface area (Å²) in [5, 5.41) is 2.94. The molecule has 1 N–H and O–H groups in total. The first-order valence-corrected chi connectivity index (χ1v) is 9.88. The van der Waals surface area contributed by atoms with Crippen LogP contribution < -0.4 is 5.32 Å². The molecule has 0 fully saturated rings. The summed E-state index contributed by atoms with van der Waals surface area (Å²) in [6, 6.07) is 20.9. The smallest absolute Gasteiger partial charge is 0.255 e. The molecule has 0 saturated heterocycles. The number of thioether (sulfide) groups is 1. The van der Waals surface area contributed by atoms with E-state index in [1.807, 2.05) is 54.6 Å². The van der Waals surface area contributed by atoms with E-state index in [9.17, 15) is 4.79 Å². The first kappa shape index (κ1) is 16.8. The largest absolute Gasteiger partial charge is 0.322 e. The molecule has 0 bridgehead atoms. The monoisotopic (exact) mass is 377 g/mol. The number of amides is 1. The van der Waals surface area contributed by atoms with Crippen molar-refractivity contribution in [2.45, 2.75) is 10.1 Å². The molecule has 0 radical (unpaired) electrons. The first-order chi connectivity index (χ1) is 12.8. The average molecular weight is 377 g/mol. The van der Waals surface area contributed by atoms with Crippen molar-refractivity contribution in [1.82, 2.24) is 9.97 Å². The summed E-state index contributed by atoms with van der Waals surface area (Å²) in [7, 11) is 0. The molecule has 0 aliphatic heterocycles. The second-order valence-corrected chi connectivity index (χ2v) is 7.85. The van der Waals surface area contributed by atoms with Crippen LogP contribution in [0.15, 0.2) is 77.3 Å². The van der Waals surface area contributed by atoms with Gasteiger partial charge in [0.05, 0.1) is 15.9 Å². The molecule has 4 aromatic rings. The van der Waals surface area contributed by atoms with Gasteiger partial charge in [-0.25, -0.2) is 4.98 Å². The zero-order chi connectivity index (χ0) is 17.8. The van der Waals surface area contributed by atoms with Crippen LogP contribution in [-0.4, -0.2) is 15.9 Å². The van der Waals surface area contributed by atoms with Crippen LogP contribution in [0.4, 0.5) is 5.69 Å². The molecular weight excluding hydrogens is 362 g/mol. The molecule has 0 aliphatic rings. The number of hydrogen-bond acceptors (Lipinski definition) is 5. The summed E-state index contributed by atoms with van der Waals surface area (Å²) in [6.45, 7) is 0. The van der Waals surface area contributed by atoms with Crippen LogP contribution in [0.5, 0.6) is 0 Å². The lowest BCUT2D eigenvalue weighted by Gasteiger charge is -2.04. The molecule has 128 valence electrons. The van der Waals surface area contributed by atoms with Crippen molar-refractivity contribution in [2.24, 2.45) is 0 Å². The normalized spacial score (nSPS) is 10.8. The number of pyridine rings is 1. The van der Waals surface area contributed by atoms with Crippen LogP contribution in [0.2, 0.25) is 0 Å². The highest BCUT2D eigenvalue weighted by Crippen LogP contribution is 2.32. The Morgan fingerprint density at radius 2 is 1.88 bits per heavy atom. The molecule has 2 heterocycles. The van der Waals surface area contributed by atoms with Crippen molar-refractivity contribution in [3.05, 3.63) is 84.2 Å². The standard InChI is InChI=1S/C20H15N3OS2/c24-19(14-6-2-1-3-7-14)22-15-9-10-17-18(12-15)26-20(23-17)25-13-16-8-4-5-11-21-16/h1-12H,13H2,(H,22,24). The van der Waals surface area contributed by atoms with Crippen molar-refractivity contribution < 1.29 is 4.79 Å². The molecule has 6 heteroatoms. The maximum atomic E-state index is 12.3. The molecule has 2 aromatic heterocycles. The number of aromatic nitrogens is 2. The van der Waals surface area contributed by atoms with Gasteiger partial charge in [-0.2, -0.15) is 0 Å². The van der Waals surface area contributed by atoms with E-state index in [1.165, 1.54) is 0 Å². The van der Waals surface area contributed by atoms with E-state index in [0.29, 0.717) is 5.56 Å². The maximum absolute atomic E-state index is 12.3. The quantitative estimate of drug-likeness (QED) is 0.484. The van der Waals surface area contributed by atoms with E-state index in [-0.39, 0.29) is 5.91 Å². The third-order valence-electron chi connectivity index (χ3n) is 3.73. The molecule has 0 saturated carbocycles. The molecule has 1 amide bonds. The highest BCUT2D eigenvalue weighted by molar-refractivity contribution is 8.00. The molecule has 4 rings (SSSR count). The number of rotatable bonds is 5. The topological polar surface area (TPSA) is 54.9 Å². The van der Waals surface area contributed by atoms with Crippen LogP contribution in [0.1, 0.15) is 16.1 Å². The lowest BCUT2D eigenvalue weighted by Crippen LogP contribution is -2.11. The Kier molecular flexibility index (Phi) is 4.95. The van der Waals surface area contributed by atoms with Gasteiger partial charge in [0.1, 0.15) is 0 Å². The fourth-order valence-electron chi connectivity index (χ4n) is 2.45. The molecule has 0 spiro atoms. The van der Waals surface area contributed by atoms with Gasteiger partial charge in [0.15, 0.2) is 4.34 Å². The van der Waals surface area contributed by atoms with E-state index < -0.39 is 0 Å². The lowest BCUT2D eigenvalue weighted by atomic mass is 10.2. The molecule has 4 nitrogen and oxygen atoms in total. The van der Waals surface area contributed by atoms with E-state index in [2.05, 4.69) is 15.3 Å². The minimum absolute atomic E-state index is 0.112. The molecular formula is C20H15N3OS2. The first-order valence-electron chi connectivity index (χ1n) is 8.08. The number of fused-ring (bicyclic) bond motifs is 1. The third-order valence-corrected chi connectivity index (χ3v) is 5.93.